The van der Waals surface area contributed by atoms with E-state index in [1.54, 1.807) is 30.2 Å². The predicted molar refractivity (Wildman–Crippen MR) is 151 cm³/mol. The molecule has 2 aromatic rings. The highest BCUT2D eigenvalue weighted by Gasteiger charge is 2.52. The fraction of sp³-hybridized carbons (Fsp3) is 0.484. The van der Waals surface area contributed by atoms with Crippen LogP contribution >= 0.6 is 0 Å². The minimum Gasteiger partial charge on any atom is -0.497 e. The molecule has 5 rings (SSSR count). The lowest BCUT2D eigenvalue weighted by Crippen LogP contribution is -2.57. The van der Waals surface area contributed by atoms with Crippen LogP contribution in [0.3, 0.4) is 0 Å². The van der Waals surface area contributed by atoms with Crippen molar-refractivity contribution in [1.29, 1.82) is 0 Å². The number of nitrogens with zero attached hydrogens (tertiary/aromatic N) is 1. The molecule has 2 heterocycles. The Bertz CT molecular complexity index is 1320. The summed E-state index contributed by atoms with van der Waals surface area (Å²) in [4.78, 5) is 29.0. The number of methoxy groups -OCH3 is 2. The first-order chi connectivity index (χ1) is 20.4. The van der Waals surface area contributed by atoms with E-state index < -0.39 is 36.2 Å². The fourth-order valence-corrected chi connectivity index (χ4v) is 6.06. The van der Waals surface area contributed by atoms with Gasteiger partial charge in [0, 0.05) is 30.8 Å². The van der Waals surface area contributed by atoms with Crippen LogP contribution in [-0.4, -0.2) is 96.9 Å². The summed E-state index contributed by atoms with van der Waals surface area (Å²) in [5.41, 5.74) is 2.40. The Hall–Kier alpha value is -3.64. The number of carbonyl (C=O) groups is 2. The Kier molecular flexibility index (Phi) is 9.32. The largest absolute Gasteiger partial charge is 0.497 e. The minimum atomic E-state index is -1.20. The van der Waals surface area contributed by atoms with Gasteiger partial charge in [0.15, 0.2) is 11.5 Å². The van der Waals surface area contributed by atoms with Crippen molar-refractivity contribution in [2.24, 2.45) is 0 Å². The lowest BCUT2D eigenvalue weighted by Gasteiger charge is -2.41. The van der Waals surface area contributed by atoms with Crippen molar-refractivity contribution in [2.75, 3.05) is 40.5 Å². The summed E-state index contributed by atoms with van der Waals surface area (Å²) < 4.78 is 22.9. The molecule has 2 aromatic carbocycles. The lowest BCUT2D eigenvalue weighted by molar-refractivity contribution is -0.146. The van der Waals surface area contributed by atoms with Crippen molar-refractivity contribution in [3.63, 3.8) is 0 Å². The number of rotatable bonds is 11. The Morgan fingerprint density at radius 2 is 1.95 bits per heavy atom. The molecule has 0 aromatic heterocycles. The Labute approximate surface area is 244 Å². The van der Waals surface area contributed by atoms with Crippen LogP contribution in [0.25, 0.3) is 0 Å². The molecule has 2 amide bonds. The van der Waals surface area contributed by atoms with Crippen LogP contribution < -0.4 is 19.5 Å². The average Bonchev–Trinajstić information content (AvgIpc) is 3.69. The van der Waals surface area contributed by atoms with Crippen LogP contribution in [0.2, 0.25) is 0 Å². The van der Waals surface area contributed by atoms with Crippen LogP contribution in [0.4, 0.5) is 0 Å². The molecule has 11 heteroatoms. The van der Waals surface area contributed by atoms with Gasteiger partial charge in [0.05, 0.1) is 39.4 Å². The van der Waals surface area contributed by atoms with Gasteiger partial charge < -0.3 is 44.5 Å². The van der Waals surface area contributed by atoms with E-state index in [4.69, 9.17) is 18.9 Å². The van der Waals surface area contributed by atoms with Gasteiger partial charge >= 0.3 is 0 Å². The fourth-order valence-electron chi connectivity index (χ4n) is 6.06. The van der Waals surface area contributed by atoms with Gasteiger partial charge in [-0.25, -0.2) is 0 Å². The average molecular weight is 583 g/mol. The number of carbonyl (C=O) groups excluding carboxylic acids is 2. The second-order valence-electron chi connectivity index (χ2n) is 10.7. The maximum Gasteiger partial charge on any atom is 0.252 e. The monoisotopic (exact) mass is 582 g/mol. The van der Waals surface area contributed by atoms with E-state index in [2.05, 4.69) is 5.32 Å². The van der Waals surface area contributed by atoms with Gasteiger partial charge in [-0.2, -0.15) is 0 Å². The van der Waals surface area contributed by atoms with Gasteiger partial charge in [-0.3, -0.25) is 9.59 Å². The molecule has 3 aliphatic rings. The third kappa shape index (κ3) is 5.82. The molecule has 0 spiro atoms. The van der Waals surface area contributed by atoms with Crippen LogP contribution in [0, 0.1) is 0 Å². The first kappa shape index (κ1) is 29.8. The molecular formula is C31H38N2O9. The van der Waals surface area contributed by atoms with E-state index in [1.165, 1.54) is 7.11 Å². The van der Waals surface area contributed by atoms with Crippen LogP contribution in [0.5, 0.6) is 17.2 Å². The number of benzene rings is 2. The molecule has 5 unspecified atom stereocenters. The summed E-state index contributed by atoms with van der Waals surface area (Å²) in [6.07, 6.45) is 0.678. The molecule has 42 heavy (non-hydrogen) atoms. The van der Waals surface area contributed by atoms with Gasteiger partial charge in [0.25, 0.3) is 5.91 Å². The minimum absolute atomic E-state index is 0.0306. The van der Waals surface area contributed by atoms with Crippen molar-refractivity contribution < 1.29 is 43.9 Å². The van der Waals surface area contributed by atoms with Gasteiger partial charge in [-0.1, -0.05) is 12.1 Å². The van der Waals surface area contributed by atoms with Gasteiger partial charge in [-0.05, 0) is 60.7 Å². The number of hydrogen-bond donors (Lipinski definition) is 4. The molecule has 0 bridgehead atoms. The standard InChI is InChI=1S/C31H38N2O9/c1-39-20-6-3-5-18(13-20)8-10-33(31(38)24-7-4-12-41-24)23-16-22(30(37)32-9-11-34)26-21-14-19(17-35)15-25(40-2)28(21)42-29(26)27(23)36/h3,5-6,13-16,23-24,26-27,29,34-36H,4,7-12,17H2,1-2H3,(H,32,37). The number of fused-ring (bicyclic) bond motifs is 3. The molecule has 11 nitrogen and oxygen atoms in total. The Morgan fingerprint density at radius 1 is 1.12 bits per heavy atom. The summed E-state index contributed by atoms with van der Waals surface area (Å²) in [6.45, 7) is 0.254. The van der Waals surface area contributed by atoms with Crippen molar-refractivity contribution in [3.8, 4) is 17.2 Å². The summed E-state index contributed by atoms with van der Waals surface area (Å²) in [6, 6.07) is 10.0. The van der Waals surface area contributed by atoms with Crippen LogP contribution in [0.1, 0.15) is 35.4 Å². The Balaban J connectivity index is 1.55. The van der Waals surface area contributed by atoms with Crippen molar-refractivity contribution in [1.82, 2.24) is 10.2 Å². The summed E-state index contributed by atoms with van der Waals surface area (Å²) >= 11 is 0. The van der Waals surface area contributed by atoms with Gasteiger partial charge in [-0.15, -0.1) is 0 Å². The van der Waals surface area contributed by atoms with Crippen molar-refractivity contribution in [2.45, 2.75) is 56.1 Å². The molecule has 0 radical (unpaired) electrons. The highest BCUT2D eigenvalue weighted by molar-refractivity contribution is 5.96. The normalized spacial score (nSPS) is 24.2. The zero-order valence-corrected chi connectivity index (χ0v) is 23.8. The number of ether oxygens (including phenoxy) is 4. The zero-order valence-electron chi connectivity index (χ0n) is 23.8. The second kappa shape index (κ2) is 13.1. The molecule has 4 N–H and O–H groups in total. The van der Waals surface area contributed by atoms with Gasteiger partial charge in [0.2, 0.25) is 5.91 Å². The first-order valence-corrected chi connectivity index (χ1v) is 14.2. The van der Waals surface area contributed by atoms with E-state index >= 15 is 0 Å². The third-order valence-corrected chi connectivity index (χ3v) is 8.12. The quantitative estimate of drug-likeness (QED) is 0.306. The number of amides is 2. The number of aliphatic hydroxyl groups excluding tert-OH is 3. The van der Waals surface area contributed by atoms with E-state index in [0.29, 0.717) is 53.4 Å². The first-order valence-electron chi connectivity index (χ1n) is 14.2. The molecule has 0 saturated carbocycles. The summed E-state index contributed by atoms with van der Waals surface area (Å²) in [7, 11) is 3.07. The SMILES string of the molecule is COc1cccc(CCN(C(=O)C2CCCO2)C2C=C(C(=O)NCCO)C3c4cc(CO)cc(OC)c4OC3C2O)c1. The molecule has 1 saturated heterocycles. The summed E-state index contributed by atoms with van der Waals surface area (Å²) in [5, 5.41) is 33.8. The molecule has 1 aliphatic carbocycles. The van der Waals surface area contributed by atoms with Crippen LogP contribution in [0.15, 0.2) is 48.0 Å². The second-order valence-corrected chi connectivity index (χ2v) is 10.7. The molecule has 2 aliphatic heterocycles. The maximum atomic E-state index is 13.9. The molecule has 226 valence electrons. The van der Waals surface area contributed by atoms with Crippen molar-refractivity contribution in [3.05, 3.63) is 64.7 Å². The molecule has 5 atom stereocenters. The van der Waals surface area contributed by atoms with E-state index in [1.807, 2.05) is 24.3 Å². The van der Waals surface area contributed by atoms with E-state index in [9.17, 15) is 24.9 Å². The maximum absolute atomic E-state index is 13.9. The van der Waals surface area contributed by atoms with E-state index in [-0.39, 0.29) is 32.2 Å². The highest BCUT2D eigenvalue weighted by Crippen LogP contribution is 2.51. The molecular weight excluding hydrogens is 544 g/mol. The number of hydrogen-bond acceptors (Lipinski definition) is 9. The van der Waals surface area contributed by atoms with E-state index in [0.717, 1.165) is 12.0 Å². The summed E-state index contributed by atoms with van der Waals surface area (Å²) in [5.74, 6) is 0.0382. The number of aliphatic hydroxyl groups is 3. The third-order valence-electron chi connectivity index (χ3n) is 8.12. The number of nitrogens with one attached hydrogen (secondary N) is 1. The highest BCUT2D eigenvalue weighted by atomic mass is 16.5. The van der Waals surface area contributed by atoms with Gasteiger partial charge in [0.1, 0.15) is 24.1 Å². The zero-order chi connectivity index (χ0) is 29.8. The van der Waals surface area contributed by atoms with Crippen molar-refractivity contribution >= 4 is 11.8 Å². The molecule has 1 fully saturated rings. The predicted octanol–water partition coefficient (Wildman–Crippen LogP) is 1.07. The topological polar surface area (TPSA) is 147 Å². The Morgan fingerprint density at radius 3 is 2.64 bits per heavy atom. The van der Waals surface area contributed by atoms with Crippen LogP contribution in [-0.2, 0) is 27.4 Å². The smallest absolute Gasteiger partial charge is 0.252 e. The lowest BCUT2D eigenvalue weighted by atomic mass is 9.77.